The highest BCUT2D eigenvalue weighted by Gasteiger charge is 2.16. The Labute approximate surface area is 84.5 Å². The topological polar surface area (TPSA) is 75.6 Å². The molecule has 1 aromatic carbocycles. The molecule has 6 heteroatoms. The number of rotatable bonds is 2. The van der Waals surface area contributed by atoms with Crippen LogP contribution in [0, 0.1) is 5.82 Å². The van der Waals surface area contributed by atoms with E-state index in [1.807, 2.05) is 5.32 Å². The molecule has 2 N–H and O–H groups in total. The van der Waals surface area contributed by atoms with Crippen LogP contribution in [0.15, 0.2) is 18.2 Å². The van der Waals surface area contributed by atoms with Gasteiger partial charge in [-0.3, -0.25) is 5.32 Å². The van der Waals surface area contributed by atoms with Gasteiger partial charge in [0.25, 0.3) is 0 Å². The monoisotopic (exact) mass is 213 g/mol. The fourth-order valence-electron chi connectivity index (χ4n) is 0.982. The average molecular weight is 213 g/mol. The molecule has 0 atom stereocenters. The van der Waals surface area contributed by atoms with E-state index in [-0.39, 0.29) is 5.56 Å². The summed E-state index contributed by atoms with van der Waals surface area (Å²) < 4.78 is 17.4. The van der Waals surface area contributed by atoms with E-state index >= 15 is 0 Å². The second kappa shape index (κ2) is 4.41. The maximum absolute atomic E-state index is 13.2. The summed E-state index contributed by atoms with van der Waals surface area (Å²) in [5.41, 5.74) is -0.739. The molecule has 5 nitrogen and oxygen atoms in total. The van der Waals surface area contributed by atoms with E-state index in [1.165, 1.54) is 12.1 Å². The van der Waals surface area contributed by atoms with Crippen LogP contribution >= 0.6 is 0 Å². The van der Waals surface area contributed by atoms with Crippen molar-refractivity contribution in [2.24, 2.45) is 0 Å². The lowest BCUT2D eigenvalue weighted by Crippen LogP contribution is -2.15. The van der Waals surface area contributed by atoms with Gasteiger partial charge in [-0.15, -0.1) is 0 Å². The lowest BCUT2D eigenvalue weighted by Gasteiger charge is -2.07. The molecule has 1 amide bonds. The molecule has 0 fully saturated rings. The van der Waals surface area contributed by atoms with Gasteiger partial charge in [0.15, 0.2) is 0 Å². The zero-order valence-electron chi connectivity index (χ0n) is 7.78. The number of benzene rings is 1. The molecule has 0 aliphatic carbocycles. The molecule has 0 unspecified atom stereocenters. The number of carbonyl (C=O) groups excluding carboxylic acids is 1. The van der Waals surface area contributed by atoms with Crippen LogP contribution < -0.4 is 5.32 Å². The van der Waals surface area contributed by atoms with Gasteiger partial charge in [-0.2, -0.15) is 0 Å². The molecule has 0 aliphatic rings. The minimum absolute atomic E-state index is 0.333. The number of para-hydroxylation sites is 1. The number of hydrogen-bond acceptors (Lipinski definition) is 3. The Morgan fingerprint density at radius 1 is 1.47 bits per heavy atom. The largest absolute Gasteiger partial charge is 0.478 e. The van der Waals surface area contributed by atoms with Crippen LogP contribution in [-0.4, -0.2) is 24.3 Å². The van der Waals surface area contributed by atoms with Crippen molar-refractivity contribution in [3.8, 4) is 0 Å². The molecule has 1 rings (SSSR count). The molecule has 1 aromatic rings. The zero-order chi connectivity index (χ0) is 11.4. The number of carboxylic acids is 1. The fraction of sp³-hybridized carbons (Fsp3) is 0.111. The minimum Gasteiger partial charge on any atom is -0.478 e. The van der Waals surface area contributed by atoms with Crippen LogP contribution in [0.25, 0.3) is 0 Å². The van der Waals surface area contributed by atoms with Crippen LogP contribution in [0.5, 0.6) is 0 Å². The van der Waals surface area contributed by atoms with Gasteiger partial charge < -0.3 is 9.84 Å². The van der Waals surface area contributed by atoms with E-state index in [4.69, 9.17) is 5.11 Å². The smallest absolute Gasteiger partial charge is 0.411 e. The lowest BCUT2D eigenvalue weighted by molar-refractivity contribution is 0.0697. The van der Waals surface area contributed by atoms with Crippen molar-refractivity contribution in [1.82, 2.24) is 0 Å². The van der Waals surface area contributed by atoms with Crippen molar-refractivity contribution in [3.63, 3.8) is 0 Å². The standard InChI is InChI=1S/C9H8FNO4/c1-15-9(14)11-7-5(8(12)13)3-2-4-6(7)10/h2-4H,1H3,(H,11,14)(H,12,13). The van der Waals surface area contributed by atoms with Crippen LogP contribution in [0.1, 0.15) is 10.4 Å². The Kier molecular flexibility index (Phi) is 3.22. The Balaban J connectivity index is 3.13. The van der Waals surface area contributed by atoms with E-state index in [0.29, 0.717) is 0 Å². The van der Waals surface area contributed by atoms with E-state index in [9.17, 15) is 14.0 Å². The summed E-state index contributed by atoms with van der Waals surface area (Å²) >= 11 is 0. The summed E-state index contributed by atoms with van der Waals surface area (Å²) in [4.78, 5) is 21.5. The van der Waals surface area contributed by atoms with Crippen molar-refractivity contribution in [3.05, 3.63) is 29.6 Å². The number of hydrogen-bond donors (Lipinski definition) is 2. The number of carboxylic acid groups (broad SMARTS) is 1. The fourth-order valence-corrected chi connectivity index (χ4v) is 0.982. The molecular formula is C9H8FNO4. The van der Waals surface area contributed by atoms with E-state index in [1.54, 1.807) is 0 Å². The van der Waals surface area contributed by atoms with Crippen molar-refractivity contribution in [1.29, 1.82) is 0 Å². The number of ether oxygens (including phenoxy) is 1. The molecule has 80 valence electrons. The summed E-state index contributed by atoms with van der Waals surface area (Å²) in [6.07, 6.45) is -0.928. The Morgan fingerprint density at radius 2 is 2.13 bits per heavy atom. The number of nitrogens with one attached hydrogen (secondary N) is 1. The first kappa shape index (κ1) is 11.0. The molecule has 0 spiro atoms. The Morgan fingerprint density at radius 3 is 2.67 bits per heavy atom. The zero-order valence-corrected chi connectivity index (χ0v) is 7.78. The molecule has 0 radical (unpaired) electrons. The Hall–Kier alpha value is -2.11. The van der Waals surface area contributed by atoms with E-state index < -0.39 is 23.6 Å². The first-order chi connectivity index (χ1) is 7.06. The third-order valence-corrected chi connectivity index (χ3v) is 1.66. The number of anilines is 1. The van der Waals surface area contributed by atoms with Gasteiger partial charge >= 0.3 is 12.1 Å². The lowest BCUT2D eigenvalue weighted by atomic mass is 10.1. The maximum Gasteiger partial charge on any atom is 0.411 e. The van der Waals surface area contributed by atoms with E-state index in [2.05, 4.69) is 4.74 Å². The molecule has 0 aromatic heterocycles. The van der Waals surface area contributed by atoms with Crippen molar-refractivity contribution in [2.45, 2.75) is 0 Å². The molecule has 0 heterocycles. The number of halogens is 1. The molecule has 0 aliphatic heterocycles. The predicted octanol–water partition coefficient (Wildman–Crippen LogP) is 1.70. The number of carbonyl (C=O) groups is 2. The summed E-state index contributed by atoms with van der Waals surface area (Å²) in [5.74, 6) is -2.17. The van der Waals surface area contributed by atoms with Crippen LogP contribution in [0.4, 0.5) is 14.9 Å². The predicted molar refractivity (Wildman–Crippen MR) is 49.4 cm³/mol. The van der Waals surface area contributed by atoms with Gasteiger partial charge in [-0.1, -0.05) is 6.07 Å². The molecule has 0 bridgehead atoms. The summed E-state index contributed by atoms with van der Waals surface area (Å²) in [5, 5.41) is 10.7. The van der Waals surface area contributed by atoms with Crippen molar-refractivity contribution < 1.29 is 23.8 Å². The highest BCUT2D eigenvalue weighted by molar-refractivity contribution is 5.98. The summed E-state index contributed by atoms with van der Waals surface area (Å²) in [7, 11) is 1.09. The normalized spacial score (nSPS) is 9.47. The highest BCUT2D eigenvalue weighted by atomic mass is 19.1. The Bertz CT molecular complexity index is 405. The number of methoxy groups -OCH3 is 1. The van der Waals surface area contributed by atoms with Crippen molar-refractivity contribution in [2.75, 3.05) is 12.4 Å². The number of amides is 1. The maximum atomic E-state index is 13.2. The van der Waals surface area contributed by atoms with Crippen LogP contribution in [0.2, 0.25) is 0 Å². The number of aromatic carboxylic acids is 1. The van der Waals surface area contributed by atoms with Gasteiger partial charge in [0.1, 0.15) is 5.82 Å². The van der Waals surface area contributed by atoms with Gasteiger partial charge in [-0.25, -0.2) is 14.0 Å². The summed E-state index contributed by atoms with van der Waals surface area (Å²) in [6, 6.07) is 3.45. The average Bonchev–Trinajstić information content (AvgIpc) is 2.20. The molecule has 0 saturated heterocycles. The van der Waals surface area contributed by atoms with Gasteiger partial charge in [0.05, 0.1) is 18.4 Å². The minimum atomic E-state index is -1.33. The van der Waals surface area contributed by atoms with E-state index in [0.717, 1.165) is 13.2 Å². The molecule has 15 heavy (non-hydrogen) atoms. The highest BCUT2D eigenvalue weighted by Crippen LogP contribution is 2.19. The summed E-state index contributed by atoms with van der Waals surface area (Å²) in [6.45, 7) is 0. The first-order valence-electron chi connectivity index (χ1n) is 3.93. The first-order valence-corrected chi connectivity index (χ1v) is 3.93. The van der Waals surface area contributed by atoms with Crippen LogP contribution in [-0.2, 0) is 4.74 Å². The SMILES string of the molecule is COC(=O)Nc1c(F)cccc1C(=O)O. The second-order valence-electron chi connectivity index (χ2n) is 2.58. The molecular weight excluding hydrogens is 205 g/mol. The van der Waals surface area contributed by atoms with Gasteiger partial charge in [-0.05, 0) is 12.1 Å². The van der Waals surface area contributed by atoms with Crippen LogP contribution in [0.3, 0.4) is 0 Å². The van der Waals surface area contributed by atoms with Gasteiger partial charge in [0, 0.05) is 0 Å². The molecule has 0 saturated carbocycles. The quantitative estimate of drug-likeness (QED) is 0.783. The third-order valence-electron chi connectivity index (χ3n) is 1.66. The van der Waals surface area contributed by atoms with Crippen molar-refractivity contribution >= 4 is 17.7 Å². The second-order valence-corrected chi connectivity index (χ2v) is 2.58. The third kappa shape index (κ3) is 2.43. The van der Waals surface area contributed by atoms with Gasteiger partial charge in [0.2, 0.25) is 0 Å².